The maximum absolute atomic E-state index is 12.6. The summed E-state index contributed by atoms with van der Waals surface area (Å²) < 4.78 is 14.1. The molecule has 0 saturated heterocycles. The zero-order valence-corrected chi connectivity index (χ0v) is 11.8. The highest BCUT2D eigenvalue weighted by Gasteiger charge is 2.41. The molecule has 3 rings (SSSR count). The number of anilines is 1. The van der Waals surface area contributed by atoms with Crippen molar-refractivity contribution in [3.05, 3.63) is 39.8 Å². The van der Waals surface area contributed by atoms with Gasteiger partial charge in [-0.05, 0) is 43.4 Å². The van der Waals surface area contributed by atoms with Crippen LogP contribution in [0.15, 0.2) is 34.7 Å². The zero-order valence-electron chi connectivity index (χ0n) is 10.2. The van der Waals surface area contributed by atoms with Crippen LogP contribution in [0.5, 0.6) is 0 Å². The Bertz CT molecular complexity index is 561. The molecule has 2 aliphatic rings. The van der Waals surface area contributed by atoms with Crippen LogP contribution in [0.25, 0.3) is 0 Å². The van der Waals surface area contributed by atoms with Crippen LogP contribution in [0.2, 0.25) is 5.02 Å². The van der Waals surface area contributed by atoms with Gasteiger partial charge in [0.15, 0.2) is 17.2 Å². The van der Waals surface area contributed by atoms with Gasteiger partial charge in [-0.25, -0.2) is 14.4 Å². The third-order valence-electron chi connectivity index (χ3n) is 3.55. The first kappa shape index (κ1) is 13.1. The normalized spacial score (nSPS) is 26.7. The molecule has 0 radical (unpaired) electrons. The van der Waals surface area contributed by atoms with Gasteiger partial charge in [0, 0.05) is 4.91 Å². The van der Waals surface area contributed by atoms with E-state index < -0.39 is 17.2 Å². The Balaban J connectivity index is 2.04. The van der Waals surface area contributed by atoms with Gasteiger partial charge in [0.25, 0.3) is 0 Å². The first-order valence-corrected chi connectivity index (χ1v) is 7.70. The lowest BCUT2D eigenvalue weighted by Crippen LogP contribution is -2.34. The summed E-state index contributed by atoms with van der Waals surface area (Å²) in [5.74, 6) is 0. The van der Waals surface area contributed by atoms with Gasteiger partial charge < -0.3 is 0 Å². The molecule has 1 heterocycles. The van der Waals surface area contributed by atoms with E-state index in [-0.39, 0.29) is 0 Å². The minimum Gasteiger partial charge on any atom is -0.252 e. The summed E-state index contributed by atoms with van der Waals surface area (Å²) in [4.78, 5) is 5.47. The van der Waals surface area contributed by atoms with Crippen molar-refractivity contribution in [3.63, 3.8) is 0 Å². The average Bonchev–Trinajstić information content (AvgIpc) is 2.73. The molecule has 19 heavy (non-hydrogen) atoms. The molecule has 1 aromatic rings. The van der Waals surface area contributed by atoms with Crippen molar-refractivity contribution in [2.45, 2.75) is 31.9 Å². The fourth-order valence-electron chi connectivity index (χ4n) is 2.66. The summed E-state index contributed by atoms with van der Waals surface area (Å²) in [6, 6.07) is 7.15. The van der Waals surface area contributed by atoms with E-state index in [4.69, 9.17) is 11.6 Å². The van der Waals surface area contributed by atoms with E-state index in [2.05, 4.69) is 4.89 Å². The minimum absolute atomic E-state index is 0.498. The molecule has 1 aliphatic heterocycles. The van der Waals surface area contributed by atoms with E-state index >= 15 is 0 Å². The quantitative estimate of drug-likeness (QED) is 0.672. The predicted octanol–water partition coefficient (Wildman–Crippen LogP) is 3.47. The van der Waals surface area contributed by atoms with Gasteiger partial charge in [-0.2, -0.15) is 0 Å². The number of benzene rings is 1. The third kappa shape index (κ3) is 2.10. The van der Waals surface area contributed by atoms with Crippen molar-refractivity contribution < 1.29 is 14.4 Å². The molecule has 1 N–H and O–H groups in total. The standard InChI is InChI=1S/C13H14ClNO3S/c14-10-6-2-3-7-11(10)15-13(18-16)9-5-1-4-8-12(9)19(15)17/h2-3,6-7,13,16H,1,4-5,8H2/t13-,19?/m0/s1. The highest BCUT2D eigenvalue weighted by molar-refractivity contribution is 7.90. The van der Waals surface area contributed by atoms with Crippen molar-refractivity contribution in [3.8, 4) is 0 Å². The topological polar surface area (TPSA) is 49.8 Å². The summed E-state index contributed by atoms with van der Waals surface area (Å²) in [6.07, 6.45) is 2.98. The van der Waals surface area contributed by atoms with E-state index in [0.717, 1.165) is 36.2 Å². The third-order valence-corrected chi connectivity index (χ3v) is 5.50. The van der Waals surface area contributed by atoms with Gasteiger partial charge in [-0.15, -0.1) is 0 Å². The Morgan fingerprint density at radius 2 is 2.05 bits per heavy atom. The number of hydrogen-bond donors (Lipinski definition) is 1. The molecule has 4 nitrogen and oxygen atoms in total. The number of halogens is 1. The number of para-hydroxylation sites is 1. The molecule has 1 aromatic carbocycles. The van der Waals surface area contributed by atoms with Crippen LogP contribution >= 0.6 is 11.6 Å². The highest BCUT2D eigenvalue weighted by atomic mass is 35.5. The summed E-state index contributed by atoms with van der Waals surface area (Å²) >= 11 is 6.16. The summed E-state index contributed by atoms with van der Waals surface area (Å²) in [5, 5.41) is 9.69. The van der Waals surface area contributed by atoms with Crippen molar-refractivity contribution in [2.24, 2.45) is 0 Å². The second-order valence-electron chi connectivity index (χ2n) is 4.64. The van der Waals surface area contributed by atoms with Crippen LogP contribution in [-0.4, -0.2) is 15.7 Å². The maximum Gasteiger partial charge on any atom is 0.199 e. The number of hydrogen-bond acceptors (Lipinski definition) is 3. The van der Waals surface area contributed by atoms with E-state index in [1.807, 2.05) is 12.1 Å². The molecule has 6 heteroatoms. The monoisotopic (exact) mass is 299 g/mol. The van der Waals surface area contributed by atoms with E-state index in [1.54, 1.807) is 16.4 Å². The lowest BCUT2D eigenvalue weighted by atomic mass is 9.98. The predicted molar refractivity (Wildman–Crippen MR) is 75.1 cm³/mol. The number of nitrogens with zero attached hydrogens (tertiary/aromatic N) is 1. The Labute approximate surface area is 119 Å². The molecular formula is C13H14ClNO3S. The molecule has 1 unspecified atom stereocenters. The summed E-state index contributed by atoms with van der Waals surface area (Å²) in [5.41, 5.74) is 1.56. The fraction of sp³-hybridized carbons (Fsp3) is 0.385. The first-order valence-electron chi connectivity index (χ1n) is 6.22. The van der Waals surface area contributed by atoms with Crippen LogP contribution in [0.3, 0.4) is 0 Å². The molecule has 0 spiro atoms. The van der Waals surface area contributed by atoms with Gasteiger partial charge in [0.2, 0.25) is 0 Å². The smallest absolute Gasteiger partial charge is 0.199 e. The Kier molecular flexibility index (Phi) is 3.62. The molecular weight excluding hydrogens is 286 g/mol. The molecule has 2 atom stereocenters. The summed E-state index contributed by atoms with van der Waals surface area (Å²) in [6.45, 7) is 0. The average molecular weight is 300 g/mol. The summed E-state index contributed by atoms with van der Waals surface area (Å²) in [7, 11) is -1.32. The second-order valence-corrected chi connectivity index (χ2v) is 6.43. The van der Waals surface area contributed by atoms with Crippen LogP contribution in [0, 0.1) is 0 Å². The minimum atomic E-state index is -1.32. The Morgan fingerprint density at radius 3 is 2.79 bits per heavy atom. The molecule has 0 aromatic heterocycles. The first-order chi connectivity index (χ1) is 9.24. The molecule has 0 fully saturated rings. The van der Waals surface area contributed by atoms with Gasteiger partial charge in [-0.3, -0.25) is 4.31 Å². The number of allylic oxidation sites excluding steroid dienone is 1. The lowest BCUT2D eigenvalue weighted by molar-refractivity contribution is -0.265. The Morgan fingerprint density at radius 1 is 1.32 bits per heavy atom. The van der Waals surface area contributed by atoms with Crippen molar-refractivity contribution in [1.82, 2.24) is 0 Å². The Hall–Kier alpha value is -0.880. The van der Waals surface area contributed by atoms with E-state index in [0.29, 0.717) is 10.7 Å². The van der Waals surface area contributed by atoms with Crippen LogP contribution in [0.1, 0.15) is 25.7 Å². The molecule has 0 bridgehead atoms. The van der Waals surface area contributed by atoms with Crippen LogP contribution in [0.4, 0.5) is 5.69 Å². The SMILES string of the molecule is O=S1C2=C(CCCC2)[C@H](OO)N1c1ccccc1Cl. The van der Waals surface area contributed by atoms with E-state index in [1.165, 1.54) is 0 Å². The zero-order chi connectivity index (χ0) is 13.4. The second kappa shape index (κ2) is 5.25. The van der Waals surface area contributed by atoms with Crippen molar-refractivity contribution in [1.29, 1.82) is 0 Å². The van der Waals surface area contributed by atoms with Gasteiger partial charge >= 0.3 is 0 Å². The molecule has 0 saturated carbocycles. The van der Waals surface area contributed by atoms with Crippen molar-refractivity contribution in [2.75, 3.05) is 4.31 Å². The van der Waals surface area contributed by atoms with Crippen LogP contribution in [-0.2, 0) is 15.9 Å². The molecule has 102 valence electrons. The fourth-order valence-corrected chi connectivity index (χ4v) is 4.60. The van der Waals surface area contributed by atoms with Gasteiger partial charge in [0.05, 0.1) is 10.7 Å². The van der Waals surface area contributed by atoms with Crippen molar-refractivity contribution >= 4 is 28.3 Å². The highest BCUT2D eigenvalue weighted by Crippen LogP contribution is 2.43. The lowest BCUT2D eigenvalue weighted by Gasteiger charge is -2.24. The molecule has 0 amide bonds. The van der Waals surface area contributed by atoms with Gasteiger partial charge in [0.1, 0.15) is 0 Å². The maximum atomic E-state index is 12.6. The molecule has 1 aliphatic carbocycles. The van der Waals surface area contributed by atoms with E-state index in [9.17, 15) is 9.47 Å². The largest absolute Gasteiger partial charge is 0.252 e. The van der Waals surface area contributed by atoms with Crippen LogP contribution < -0.4 is 4.31 Å². The van der Waals surface area contributed by atoms with Gasteiger partial charge in [-0.1, -0.05) is 23.7 Å². The number of rotatable bonds is 2.